The third kappa shape index (κ3) is 1500. The van der Waals surface area contributed by atoms with Crippen LogP contribution in [0.3, 0.4) is 0 Å². The van der Waals surface area contributed by atoms with Crippen molar-refractivity contribution in [1.29, 1.82) is 0 Å². The monoisotopic (exact) mass is 382 g/mol. The quantitative estimate of drug-likeness (QED) is 0.221. The lowest BCUT2D eigenvalue weighted by Crippen LogP contribution is -2.42. The predicted octanol–water partition coefficient (Wildman–Crippen LogP) is -3.83. The van der Waals surface area contributed by atoms with Gasteiger partial charge in [0.25, 0.3) is 0 Å². The molecule has 0 fully saturated rings. The third-order valence-electron chi connectivity index (χ3n) is 0. The highest BCUT2D eigenvalue weighted by Crippen LogP contribution is 1.76. The fourth-order valence-corrected chi connectivity index (χ4v) is 0. The van der Waals surface area contributed by atoms with E-state index in [0.29, 0.717) is 0 Å². The molecular formula is C11H38N6O8. The summed E-state index contributed by atoms with van der Waals surface area (Å²) < 4.78 is 0. The topological polar surface area (TPSA) is 359 Å². The van der Waals surface area contributed by atoms with Gasteiger partial charge in [-0.3, -0.25) is 0 Å². The van der Waals surface area contributed by atoms with Crippen molar-refractivity contribution in [2.24, 2.45) is 11.5 Å². The first-order chi connectivity index (χ1) is 8.93. The van der Waals surface area contributed by atoms with Crippen molar-refractivity contribution in [3.05, 3.63) is 0 Å². The summed E-state index contributed by atoms with van der Waals surface area (Å²) in [7, 11) is 0. The van der Waals surface area contributed by atoms with Crippen LogP contribution < -0.4 is 56.5 Å². The highest BCUT2D eigenvalue weighted by atomic mass is 16.4. The van der Waals surface area contributed by atoms with Gasteiger partial charge < -0.3 is 75.7 Å². The largest absolute Gasteiger partial charge is 0.550 e. The predicted molar refractivity (Wildman–Crippen MR) is 89.1 cm³/mol. The second kappa shape index (κ2) is 37.7. The van der Waals surface area contributed by atoms with Gasteiger partial charge in [-0.05, 0) is 41.5 Å². The number of hydrogen-bond donors (Lipinski definition) is 6. The summed E-state index contributed by atoms with van der Waals surface area (Å²) in [5.74, 6) is -4.33. The minimum atomic E-state index is -1.08. The number of carbonyl (C=O) groups excluding carboxylic acids is 4. The van der Waals surface area contributed by atoms with Crippen molar-refractivity contribution < 1.29 is 39.6 Å². The van der Waals surface area contributed by atoms with E-state index in [1.54, 1.807) is 13.8 Å². The molecule has 14 heteroatoms. The van der Waals surface area contributed by atoms with Gasteiger partial charge in [-0.15, -0.1) is 0 Å². The van der Waals surface area contributed by atoms with Gasteiger partial charge in [0, 0.05) is 23.9 Å². The van der Waals surface area contributed by atoms with Crippen molar-refractivity contribution in [2.75, 3.05) is 0 Å². The summed E-state index contributed by atoms with van der Waals surface area (Å²) >= 11 is 0. The summed E-state index contributed by atoms with van der Waals surface area (Å²) in [6, 6.07) is 0. The van der Waals surface area contributed by atoms with Gasteiger partial charge >= 0.3 is 0 Å². The van der Waals surface area contributed by atoms with Crippen LogP contribution in [0.2, 0.25) is 0 Å². The van der Waals surface area contributed by atoms with Crippen LogP contribution >= 0.6 is 0 Å². The zero-order valence-electron chi connectivity index (χ0n) is 16.9. The Kier molecular flexibility index (Phi) is 85.9. The molecule has 0 aliphatic heterocycles. The van der Waals surface area contributed by atoms with E-state index in [1.807, 2.05) is 0 Å². The van der Waals surface area contributed by atoms with Crippen LogP contribution in [-0.4, -0.2) is 29.5 Å². The Morgan fingerprint density at radius 3 is 0.560 bits per heavy atom. The molecule has 0 aliphatic rings. The number of carboxylic acids is 4. The molecule has 0 aromatic heterocycles. The van der Waals surface area contributed by atoms with E-state index >= 15 is 0 Å². The normalized spacial score (nSPS) is 6.40. The van der Waals surface area contributed by atoms with Crippen molar-refractivity contribution in [2.45, 2.75) is 47.2 Å². The summed E-state index contributed by atoms with van der Waals surface area (Å²) in [6.07, 6.45) is 0. The summed E-state index contributed by atoms with van der Waals surface area (Å²) in [5, 5.41) is 35.6. The first-order valence-electron chi connectivity index (χ1n) is 5.21. The van der Waals surface area contributed by atoms with Gasteiger partial charge in [-0.25, -0.2) is 0 Å². The first-order valence-corrected chi connectivity index (χ1v) is 5.21. The van der Waals surface area contributed by atoms with E-state index in [-0.39, 0.29) is 24.6 Å². The molecular weight excluding hydrogens is 344 g/mol. The van der Waals surface area contributed by atoms with E-state index in [1.165, 1.54) is 0 Å². The van der Waals surface area contributed by atoms with E-state index in [4.69, 9.17) is 51.1 Å². The fourth-order valence-electron chi connectivity index (χ4n) is 0. The lowest BCUT2D eigenvalue weighted by molar-refractivity contribution is -0.303. The molecule has 25 heavy (non-hydrogen) atoms. The lowest BCUT2D eigenvalue weighted by Gasteiger charge is -2.07. The van der Waals surface area contributed by atoms with Gasteiger partial charge in [0.1, 0.15) is 0 Å². The highest BCUT2D eigenvalue weighted by Gasteiger charge is 1.95. The molecule has 0 heterocycles. The van der Waals surface area contributed by atoms with E-state index in [0.717, 1.165) is 27.7 Å². The van der Waals surface area contributed by atoms with Gasteiger partial charge in [-0.1, -0.05) is 0 Å². The molecule has 0 atom stereocenters. The molecule has 0 aromatic carbocycles. The Hall–Kier alpha value is -2.36. The van der Waals surface area contributed by atoms with Crippen molar-refractivity contribution in [1.82, 2.24) is 24.6 Å². The molecule has 0 aliphatic carbocycles. The van der Waals surface area contributed by atoms with Gasteiger partial charge in [-0.2, -0.15) is 0 Å². The number of carbonyl (C=O) groups is 4. The Morgan fingerprint density at radius 1 is 0.560 bits per heavy atom. The first kappa shape index (κ1) is 57.0. The van der Waals surface area contributed by atoms with Crippen LogP contribution in [0.15, 0.2) is 0 Å². The van der Waals surface area contributed by atoms with Crippen molar-refractivity contribution in [3.8, 4) is 0 Å². The number of hydrogen-bond acceptors (Lipinski definition) is 10. The lowest BCUT2D eigenvalue weighted by atomic mass is 10.3. The minimum Gasteiger partial charge on any atom is -0.550 e. The van der Waals surface area contributed by atoms with Gasteiger partial charge in [0.2, 0.25) is 0 Å². The van der Waals surface area contributed by atoms with Crippen LogP contribution in [0.4, 0.5) is 0 Å². The molecule has 0 unspecified atom stereocenters. The molecule has 160 valence electrons. The maximum absolute atomic E-state index is 8.89. The van der Waals surface area contributed by atoms with Crippen LogP contribution in [0.1, 0.15) is 41.5 Å². The minimum absolute atomic E-state index is 0. The standard InChI is InChI=1S/C3H10N2.4C2H4O2.4H3N/c1-3(2,4)5;4*1-2(3)4;;;;/h4-5H2,1-2H3;4*1H3,(H,3,4);4*1H3. The third-order valence-corrected chi connectivity index (χ3v) is 0. The van der Waals surface area contributed by atoms with Gasteiger partial charge in [0.15, 0.2) is 0 Å². The number of nitrogens with two attached hydrogens (primary N) is 2. The molecule has 0 bridgehead atoms. The number of carboxylic acid groups (broad SMARTS) is 4. The van der Waals surface area contributed by atoms with E-state index in [2.05, 4.69) is 0 Å². The number of aliphatic carboxylic acids is 4. The van der Waals surface area contributed by atoms with Crippen LogP contribution in [0.25, 0.3) is 0 Å². The second-order valence-electron chi connectivity index (χ2n) is 3.79. The molecule has 0 saturated carbocycles. The van der Waals surface area contributed by atoms with Crippen LogP contribution in [-0.2, 0) is 19.2 Å². The van der Waals surface area contributed by atoms with Crippen molar-refractivity contribution >= 4 is 23.9 Å². The smallest absolute Gasteiger partial charge is 0.0578 e. The highest BCUT2D eigenvalue weighted by molar-refractivity contribution is 5.61. The maximum atomic E-state index is 8.89. The Bertz CT molecular complexity index is 237. The Morgan fingerprint density at radius 2 is 0.560 bits per heavy atom. The summed E-state index contributed by atoms with van der Waals surface area (Å²) in [4.78, 5) is 35.6. The Balaban J connectivity index is -0.0000000176. The molecule has 0 aromatic rings. The van der Waals surface area contributed by atoms with E-state index < -0.39 is 29.5 Å². The molecule has 0 amide bonds. The zero-order chi connectivity index (χ0) is 18.8. The van der Waals surface area contributed by atoms with Gasteiger partial charge in [0.05, 0.1) is 5.66 Å². The molecule has 14 nitrogen and oxygen atoms in total. The number of rotatable bonds is 0. The fraction of sp³-hybridized carbons (Fsp3) is 0.636. The van der Waals surface area contributed by atoms with E-state index in [9.17, 15) is 0 Å². The second-order valence-corrected chi connectivity index (χ2v) is 3.79. The summed E-state index contributed by atoms with van der Waals surface area (Å²) in [6.45, 7) is 7.37. The average molecular weight is 382 g/mol. The zero-order valence-corrected chi connectivity index (χ0v) is 16.9. The summed E-state index contributed by atoms with van der Waals surface area (Å²) in [5.41, 5.74) is 9.76. The SMILES string of the molecule is CC(=O)[O-].CC(=O)[O-].CC(=O)[O-].CC(=O)[O-].CC(C)(N)N.[NH4+].[NH4+].[NH4+].[NH4+]. The molecule has 20 N–H and O–H groups in total. The average Bonchev–Trinajstić information content (AvgIpc) is 1.91. The molecule has 0 saturated heterocycles. The molecule has 0 radical (unpaired) electrons. The van der Waals surface area contributed by atoms with Crippen LogP contribution in [0.5, 0.6) is 0 Å². The van der Waals surface area contributed by atoms with Crippen LogP contribution in [0, 0.1) is 0 Å². The number of quaternary nitrogens is 4. The maximum Gasteiger partial charge on any atom is 0.0578 e. The van der Waals surface area contributed by atoms with Crippen molar-refractivity contribution in [3.63, 3.8) is 0 Å². The Labute approximate surface area is 147 Å². The molecule has 0 rings (SSSR count). The molecule has 0 spiro atoms.